The maximum absolute atomic E-state index is 6.82. The number of benzene rings is 14. The van der Waals surface area contributed by atoms with E-state index in [1.165, 1.54) is 129 Å². The average molecular weight is 1350 g/mol. The van der Waals surface area contributed by atoms with E-state index in [0.717, 1.165) is 78.4 Å². The van der Waals surface area contributed by atoms with E-state index in [2.05, 4.69) is 355 Å². The van der Waals surface area contributed by atoms with Crippen LogP contribution in [0.25, 0.3) is 207 Å². The molecule has 10 heteroatoms. The van der Waals surface area contributed by atoms with Gasteiger partial charge in [0.15, 0.2) is 17.2 Å². The quantitative estimate of drug-likeness (QED) is 0.167. The van der Waals surface area contributed by atoms with Crippen LogP contribution in [0.3, 0.4) is 0 Å². The Kier molecular flexibility index (Phi) is 12.0. The van der Waals surface area contributed by atoms with Crippen molar-refractivity contribution in [3.8, 4) is 34.4 Å². The lowest BCUT2D eigenvalue weighted by Crippen LogP contribution is -2.02. The van der Waals surface area contributed by atoms with Gasteiger partial charge in [-0.2, -0.15) is 0 Å². The van der Waals surface area contributed by atoms with Crippen LogP contribution in [0.15, 0.2) is 344 Å². The van der Waals surface area contributed by atoms with Crippen molar-refractivity contribution < 1.29 is 4.42 Å². The average Bonchev–Trinajstić information content (AvgIpc) is 1.55. The van der Waals surface area contributed by atoms with Crippen molar-refractivity contribution in [2.75, 3.05) is 0 Å². The maximum Gasteiger partial charge on any atom is 0.181 e. The minimum absolute atomic E-state index is 0.761. The molecule has 9 nitrogen and oxygen atoms in total. The molecule has 10 heterocycles. The first kappa shape index (κ1) is 57.0. The predicted molar refractivity (Wildman–Crippen MR) is 435 cm³/mol. The maximum atomic E-state index is 6.82. The van der Waals surface area contributed by atoms with Gasteiger partial charge in [-0.1, -0.05) is 206 Å². The van der Waals surface area contributed by atoms with Gasteiger partial charge in [-0.25, -0.2) is 9.97 Å². The van der Waals surface area contributed by atoms with E-state index in [1.807, 2.05) is 23.7 Å². The molecule has 24 aromatic rings. The van der Waals surface area contributed by atoms with Crippen LogP contribution in [0, 0.1) is 0 Å². The van der Waals surface area contributed by atoms with Crippen molar-refractivity contribution in [2.24, 2.45) is 0 Å². The zero-order valence-electron chi connectivity index (χ0n) is 55.7. The fraction of sp³-hybridized carbons (Fsp3) is 0. The van der Waals surface area contributed by atoms with Gasteiger partial charge in [0.25, 0.3) is 0 Å². The highest BCUT2D eigenvalue weighted by Gasteiger charge is 2.27. The van der Waals surface area contributed by atoms with Crippen LogP contribution < -0.4 is 0 Å². The summed E-state index contributed by atoms with van der Waals surface area (Å²) in [5.41, 5.74) is 20.1. The normalized spacial score (nSPS) is 12.2. The molecule has 0 radical (unpaired) electrons. The molecule has 0 aliphatic rings. The van der Waals surface area contributed by atoms with E-state index in [0.29, 0.717) is 0 Å². The SMILES string of the molecule is c1ccc2c(c1)c1ccccc1n2-c1ccc2oc3c(-n4c5ccccc5c5cccc(-n6c7ccccc7c7ccccc76)c54)nccc3c2c1.c1ccc2c(c1)c1ccccc1n2-c1ccc2sc3c(-n4c5ccccc5c5cccc(-n6c7ccccc7c7ccccc76)c54)nccc3c2c1. The first-order valence-corrected chi connectivity index (χ1v) is 36.1. The van der Waals surface area contributed by atoms with Crippen LogP contribution >= 0.6 is 11.3 Å². The molecule has 24 rings (SSSR count). The summed E-state index contributed by atoms with van der Waals surface area (Å²) < 4.78 is 23.6. The molecule has 14 aromatic carbocycles. The van der Waals surface area contributed by atoms with Gasteiger partial charge in [0, 0.05) is 115 Å². The third-order valence-corrected chi connectivity index (χ3v) is 23.0. The van der Waals surface area contributed by atoms with Crippen molar-refractivity contribution in [3.63, 3.8) is 0 Å². The van der Waals surface area contributed by atoms with Gasteiger partial charge in [0.2, 0.25) is 0 Å². The van der Waals surface area contributed by atoms with Gasteiger partial charge in [0.1, 0.15) is 5.58 Å². The molecule has 10 aromatic heterocycles. The Labute approximate surface area is 596 Å². The molecule has 0 amide bonds. The lowest BCUT2D eigenvalue weighted by atomic mass is 10.1. The van der Waals surface area contributed by atoms with Crippen LogP contribution in [0.2, 0.25) is 0 Å². The van der Waals surface area contributed by atoms with Gasteiger partial charge in [-0.15, -0.1) is 11.3 Å². The Bertz CT molecular complexity index is 7100. The number of para-hydroxylation sites is 12. The van der Waals surface area contributed by atoms with Crippen molar-refractivity contribution >= 4 is 184 Å². The van der Waals surface area contributed by atoms with E-state index >= 15 is 0 Å². The van der Waals surface area contributed by atoms with Gasteiger partial charge < -0.3 is 22.7 Å². The second kappa shape index (κ2) is 21.9. The van der Waals surface area contributed by atoms with Gasteiger partial charge >= 0.3 is 0 Å². The molecule has 0 N–H and O–H groups in total. The molecule has 0 fully saturated rings. The molecular formula is C94H56N8OS. The molecule has 0 unspecified atom stereocenters. The Morgan fingerprint density at radius 3 is 0.962 bits per heavy atom. The van der Waals surface area contributed by atoms with E-state index in [1.54, 1.807) is 0 Å². The molecule has 104 heavy (non-hydrogen) atoms. The number of aromatic nitrogens is 8. The number of hydrogen-bond donors (Lipinski definition) is 0. The van der Waals surface area contributed by atoms with E-state index in [9.17, 15) is 0 Å². The number of hydrogen-bond acceptors (Lipinski definition) is 4. The number of rotatable bonds is 6. The Hall–Kier alpha value is -13.8. The van der Waals surface area contributed by atoms with Crippen LogP contribution in [-0.4, -0.2) is 37.4 Å². The van der Waals surface area contributed by atoms with E-state index in [4.69, 9.17) is 14.4 Å². The third kappa shape index (κ3) is 7.96. The summed E-state index contributed by atoms with van der Waals surface area (Å²) in [5.74, 6) is 1.73. The van der Waals surface area contributed by atoms with Gasteiger partial charge in [-0.05, 0) is 121 Å². The monoisotopic (exact) mass is 1340 g/mol. The summed E-state index contributed by atoms with van der Waals surface area (Å²) in [6.07, 6.45) is 3.91. The lowest BCUT2D eigenvalue weighted by Gasteiger charge is -2.14. The molecule has 0 bridgehead atoms. The summed E-state index contributed by atoms with van der Waals surface area (Å²) in [5, 5.41) is 19.3. The number of thiophene rings is 1. The molecule has 484 valence electrons. The topological polar surface area (TPSA) is 68.5 Å². The number of furan rings is 1. The molecule has 0 aliphatic carbocycles. The molecule has 0 saturated carbocycles. The zero-order valence-corrected chi connectivity index (χ0v) is 56.5. The van der Waals surface area contributed by atoms with Crippen molar-refractivity contribution in [1.29, 1.82) is 0 Å². The summed E-state index contributed by atoms with van der Waals surface area (Å²) in [6, 6.07) is 118. The largest absolute Gasteiger partial charge is 0.452 e. The Morgan fingerprint density at radius 1 is 0.231 bits per heavy atom. The number of pyridine rings is 2. The Morgan fingerprint density at radius 2 is 0.548 bits per heavy atom. The smallest absolute Gasteiger partial charge is 0.181 e. The van der Waals surface area contributed by atoms with Crippen LogP contribution in [0.1, 0.15) is 0 Å². The standard InChI is InChI=1S/C47H28N4O.C47H28N4S/c2*1-6-18-38-30(12-1)31-13-2-7-19-39(31)49(38)29-24-25-44-37(28-29)36-26-27-48-47(46(36)52-44)51-42-22-10-5-16-34(42)35-17-11-23-43(45(35)51)50-40-20-8-3-14-32(40)33-15-4-9-21-41(33)50/h2*1-28H. The van der Waals surface area contributed by atoms with E-state index < -0.39 is 0 Å². The predicted octanol–water partition coefficient (Wildman–Crippen LogP) is 25.0. The fourth-order valence-electron chi connectivity index (χ4n) is 17.5. The summed E-state index contributed by atoms with van der Waals surface area (Å²) in [4.78, 5) is 10.3. The van der Waals surface area contributed by atoms with Gasteiger partial charge in [-0.3, -0.25) is 9.13 Å². The van der Waals surface area contributed by atoms with E-state index in [-0.39, 0.29) is 0 Å². The number of fused-ring (bicyclic) bond motifs is 24. The fourth-order valence-corrected chi connectivity index (χ4v) is 18.7. The second-order valence-electron chi connectivity index (χ2n) is 27.1. The third-order valence-electron chi connectivity index (χ3n) is 21.8. The number of nitrogens with zero attached hydrogens (tertiary/aromatic N) is 8. The van der Waals surface area contributed by atoms with Crippen molar-refractivity contribution in [1.82, 2.24) is 37.4 Å². The summed E-state index contributed by atoms with van der Waals surface area (Å²) >= 11 is 1.83. The highest BCUT2D eigenvalue weighted by atomic mass is 32.1. The van der Waals surface area contributed by atoms with Gasteiger partial charge in [0.05, 0.1) is 82.3 Å². The first-order chi connectivity index (χ1) is 51.7. The molecule has 0 aliphatic heterocycles. The minimum atomic E-state index is 0.761. The minimum Gasteiger partial charge on any atom is -0.452 e. The van der Waals surface area contributed by atoms with Crippen LogP contribution in [-0.2, 0) is 0 Å². The summed E-state index contributed by atoms with van der Waals surface area (Å²) in [6.45, 7) is 0. The molecule has 0 atom stereocenters. The lowest BCUT2D eigenvalue weighted by molar-refractivity contribution is 0.663. The van der Waals surface area contributed by atoms with Crippen molar-refractivity contribution in [2.45, 2.75) is 0 Å². The van der Waals surface area contributed by atoms with Crippen LogP contribution in [0.5, 0.6) is 0 Å². The molecule has 0 spiro atoms. The molecule has 0 saturated heterocycles. The highest BCUT2D eigenvalue weighted by molar-refractivity contribution is 7.26. The zero-order chi connectivity index (χ0) is 67.8. The highest BCUT2D eigenvalue weighted by Crippen LogP contribution is 2.47. The first-order valence-electron chi connectivity index (χ1n) is 35.3. The van der Waals surface area contributed by atoms with Crippen LogP contribution in [0.4, 0.5) is 0 Å². The Balaban J connectivity index is 0.000000127. The summed E-state index contributed by atoms with van der Waals surface area (Å²) in [7, 11) is 0. The molecular weight excluding hydrogens is 1290 g/mol. The second-order valence-corrected chi connectivity index (χ2v) is 28.2. The van der Waals surface area contributed by atoms with Crippen molar-refractivity contribution in [3.05, 3.63) is 340 Å².